The number of carbonyl (C=O) groups excluding carboxylic acids is 4. The van der Waals surface area contributed by atoms with Crippen LogP contribution in [0.2, 0.25) is 0 Å². The third kappa shape index (κ3) is 11.1. The number of carbonyl (C=O) groups is 4. The Labute approximate surface area is 265 Å². The summed E-state index contributed by atoms with van der Waals surface area (Å²) >= 11 is 0. The van der Waals surface area contributed by atoms with Crippen LogP contribution in [-0.4, -0.2) is 91.3 Å². The van der Waals surface area contributed by atoms with Gasteiger partial charge < -0.3 is 24.8 Å². The molecule has 3 amide bonds. The summed E-state index contributed by atoms with van der Waals surface area (Å²) in [6, 6.07) is 7.07. The van der Waals surface area contributed by atoms with Crippen molar-refractivity contribution in [3.63, 3.8) is 0 Å². The van der Waals surface area contributed by atoms with Gasteiger partial charge in [0, 0.05) is 19.2 Å². The maximum atomic E-state index is 13.3. The van der Waals surface area contributed by atoms with Crippen LogP contribution in [0.5, 0.6) is 0 Å². The van der Waals surface area contributed by atoms with E-state index in [1.54, 1.807) is 24.9 Å². The van der Waals surface area contributed by atoms with Crippen LogP contribution < -0.4 is 5.32 Å². The maximum absolute atomic E-state index is 13.3. The number of amides is 3. The molecule has 1 aromatic rings. The lowest BCUT2D eigenvalue weighted by Gasteiger charge is -2.30. The maximum Gasteiger partial charge on any atom is 0.329 e. The number of ether oxygens (including phenoxy) is 1. The largest absolute Gasteiger partial charge is 0.456 e. The summed E-state index contributed by atoms with van der Waals surface area (Å²) in [6.45, 7) is 12.9. The highest BCUT2D eigenvalue weighted by molar-refractivity contribution is 5.96. The molecule has 3 atom stereocenters. The van der Waals surface area contributed by atoms with E-state index in [0.29, 0.717) is 24.9 Å². The Kier molecular flexibility index (Phi) is 16.2. The van der Waals surface area contributed by atoms with Crippen LogP contribution >= 0.6 is 0 Å². The molecule has 9 nitrogen and oxygen atoms in total. The van der Waals surface area contributed by atoms with E-state index in [9.17, 15) is 19.2 Å². The molecule has 2 saturated heterocycles. The summed E-state index contributed by atoms with van der Waals surface area (Å²) < 4.78 is 5.87. The zero-order chi connectivity index (χ0) is 32.6. The van der Waals surface area contributed by atoms with Crippen LogP contribution in [0.15, 0.2) is 35.9 Å². The van der Waals surface area contributed by atoms with Crippen molar-refractivity contribution >= 4 is 24.2 Å². The summed E-state index contributed by atoms with van der Waals surface area (Å²) in [5, 5.41) is 2.38. The summed E-state index contributed by atoms with van der Waals surface area (Å²) in [5.74, 6) is -0.770. The predicted molar refractivity (Wildman–Crippen MR) is 175 cm³/mol. The highest BCUT2D eigenvalue weighted by Crippen LogP contribution is 2.35. The van der Waals surface area contributed by atoms with Gasteiger partial charge in [-0.25, -0.2) is 4.79 Å². The minimum atomic E-state index is -0.600. The third-order valence-corrected chi connectivity index (χ3v) is 8.32. The van der Waals surface area contributed by atoms with Crippen molar-refractivity contribution in [1.82, 2.24) is 20.0 Å². The molecule has 44 heavy (non-hydrogen) atoms. The lowest BCUT2D eigenvalue weighted by molar-refractivity contribution is -0.157. The van der Waals surface area contributed by atoms with Crippen molar-refractivity contribution < 1.29 is 23.9 Å². The number of esters is 1. The highest BCUT2D eigenvalue weighted by Gasteiger charge is 2.38. The molecule has 246 valence electrons. The minimum Gasteiger partial charge on any atom is -0.456 e. The standard InChI is InChI=1S/C26H35N3O5.C6H13N.C3H8/c1-17(2)22(28(4)24(31)15-27-16-30)14-18(3)25(32)29-13-7-10-21(29)26(33)34-23-12-11-19-8-5-6-9-20(19)23;1-7-5-3-2-4-6-7;1-3-2/h5-6,8-9,14,16-17,21-23H,7,10-13,15H2,1-4H3,(H,27,30);2-6H2,1H3;3H2,1-2H3/b18-14+;;/t21-,22+,23?;;/m0../s1. The Morgan fingerprint density at radius 2 is 1.70 bits per heavy atom. The van der Waals surface area contributed by atoms with E-state index in [-0.39, 0.29) is 42.4 Å². The van der Waals surface area contributed by atoms with Crippen molar-refractivity contribution in [2.45, 2.75) is 104 Å². The van der Waals surface area contributed by atoms with Crippen molar-refractivity contribution in [2.75, 3.05) is 40.3 Å². The number of likely N-dealkylation sites (N-methyl/N-ethyl adjacent to an activating group) is 1. The summed E-state index contributed by atoms with van der Waals surface area (Å²) in [7, 11) is 3.85. The van der Waals surface area contributed by atoms with Gasteiger partial charge in [-0.1, -0.05) is 70.9 Å². The first-order valence-corrected chi connectivity index (χ1v) is 16.4. The second kappa shape index (κ2) is 19.2. The molecule has 3 aliphatic rings. The van der Waals surface area contributed by atoms with Gasteiger partial charge in [-0.2, -0.15) is 0 Å². The van der Waals surface area contributed by atoms with Crippen molar-refractivity contribution in [3.05, 3.63) is 47.0 Å². The first-order chi connectivity index (χ1) is 21.0. The Bertz CT molecular complexity index is 1100. The molecule has 2 fully saturated rings. The monoisotopic (exact) mass is 612 g/mol. The molecule has 0 bridgehead atoms. The molecule has 0 saturated carbocycles. The summed E-state index contributed by atoms with van der Waals surface area (Å²) in [5.41, 5.74) is 2.74. The lowest BCUT2D eigenvalue weighted by Crippen LogP contribution is -2.45. The number of nitrogens with one attached hydrogen (secondary N) is 1. The number of nitrogens with zero attached hydrogens (tertiary/aromatic N) is 3. The number of hydrogen-bond donors (Lipinski definition) is 1. The van der Waals surface area contributed by atoms with Gasteiger partial charge in [-0.15, -0.1) is 0 Å². The van der Waals surface area contributed by atoms with Gasteiger partial charge in [0.2, 0.25) is 18.2 Å². The first-order valence-electron chi connectivity index (χ1n) is 16.4. The quantitative estimate of drug-likeness (QED) is 0.242. The predicted octanol–water partition coefficient (Wildman–Crippen LogP) is 4.90. The van der Waals surface area contributed by atoms with Crippen molar-refractivity contribution in [1.29, 1.82) is 0 Å². The molecule has 0 spiro atoms. The van der Waals surface area contributed by atoms with E-state index in [1.807, 2.05) is 32.0 Å². The fourth-order valence-corrected chi connectivity index (χ4v) is 5.89. The van der Waals surface area contributed by atoms with E-state index in [4.69, 9.17) is 4.74 Å². The molecule has 1 aromatic carbocycles. The van der Waals surface area contributed by atoms with Gasteiger partial charge in [0.1, 0.15) is 12.1 Å². The zero-order valence-corrected chi connectivity index (χ0v) is 28.1. The number of benzene rings is 1. The summed E-state index contributed by atoms with van der Waals surface area (Å²) in [4.78, 5) is 54.8. The van der Waals surface area contributed by atoms with E-state index in [1.165, 1.54) is 49.2 Å². The number of aryl methyl sites for hydroxylation is 1. The normalized spacial score (nSPS) is 20.4. The van der Waals surface area contributed by atoms with Crippen molar-refractivity contribution in [2.24, 2.45) is 5.92 Å². The van der Waals surface area contributed by atoms with Crippen molar-refractivity contribution in [3.8, 4) is 0 Å². The number of fused-ring (bicyclic) bond motifs is 1. The Morgan fingerprint density at radius 3 is 2.30 bits per heavy atom. The van der Waals surface area contributed by atoms with E-state index in [0.717, 1.165) is 24.8 Å². The molecule has 9 heteroatoms. The lowest BCUT2D eigenvalue weighted by atomic mass is 9.99. The molecule has 0 aromatic heterocycles. The van der Waals surface area contributed by atoms with Crippen LogP contribution in [0.1, 0.15) is 96.8 Å². The van der Waals surface area contributed by atoms with Gasteiger partial charge in [-0.3, -0.25) is 14.4 Å². The number of piperidine rings is 1. The Morgan fingerprint density at radius 1 is 1.05 bits per heavy atom. The fourth-order valence-electron chi connectivity index (χ4n) is 5.89. The van der Waals surface area contributed by atoms with Crippen LogP contribution in [0.3, 0.4) is 0 Å². The molecule has 2 heterocycles. The fraction of sp³-hybridized carbons (Fsp3) is 0.657. The van der Waals surface area contributed by atoms with Gasteiger partial charge in [0.05, 0.1) is 12.6 Å². The average Bonchev–Trinajstić information content (AvgIpc) is 3.67. The topological polar surface area (TPSA) is 99.3 Å². The number of likely N-dealkylation sites (tertiary alicyclic amines) is 2. The Balaban J connectivity index is 0.000000576. The van der Waals surface area contributed by atoms with Crippen LogP contribution in [0, 0.1) is 5.92 Å². The second-order valence-corrected chi connectivity index (χ2v) is 12.5. The molecular weight excluding hydrogens is 556 g/mol. The smallest absolute Gasteiger partial charge is 0.329 e. The van der Waals surface area contributed by atoms with Crippen LogP contribution in [0.25, 0.3) is 0 Å². The molecule has 4 rings (SSSR count). The molecule has 1 aliphatic carbocycles. The van der Waals surface area contributed by atoms with E-state index >= 15 is 0 Å². The third-order valence-electron chi connectivity index (χ3n) is 8.32. The number of rotatable bonds is 9. The summed E-state index contributed by atoms with van der Waals surface area (Å²) in [6.07, 6.45) is 10.5. The van der Waals surface area contributed by atoms with Crippen LogP contribution in [-0.2, 0) is 30.3 Å². The molecule has 2 aliphatic heterocycles. The van der Waals surface area contributed by atoms with E-state index < -0.39 is 6.04 Å². The zero-order valence-electron chi connectivity index (χ0n) is 28.1. The van der Waals surface area contributed by atoms with Gasteiger partial charge in [0.15, 0.2) is 0 Å². The molecule has 1 N–H and O–H groups in total. The highest BCUT2D eigenvalue weighted by atomic mass is 16.5. The first kappa shape index (κ1) is 37.0. The molecule has 0 radical (unpaired) electrons. The second-order valence-electron chi connectivity index (χ2n) is 12.5. The van der Waals surface area contributed by atoms with Gasteiger partial charge in [-0.05, 0) is 82.6 Å². The SMILES string of the molecule is C/C(=C\[C@H](C(C)C)N(C)C(=O)CNC=O)C(=O)N1CCC[C@H]1C(=O)OC1CCc2ccccc21.CCC.CN1CCCCC1. The minimum absolute atomic E-state index is 0.0507. The average molecular weight is 613 g/mol. The Hall–Kier alpha value is -3.20. The van der Waals surface area contributed by atoms with E-state index in [2.05, 4.69) is 37.2 Å². The number of hydrogen-bond acceptors (Lipinski definition) is 6. The van der Waals surface area contributed by atoms with Gasteiger partial charge in [0.25, 0.3) is 0 Å². The molecule has 1 unspecified atom stereocenters. The molecular formula is C35H56N4O5. The van der Waals surface area contributed by atoms with Gasteiger partial charge >= 0.3 is 5.97 Å². The van der Waals surface area contributed by atoms with Crippen LogP contribution in [0.4, 0.5) is 0 Å².